The number of hydrogen-bond acceptors (Lipinski definition) is 2. The van der Waals surface area contributed by atoms with E-state index in [1.54, 1.807) is 11.8 Å². The first-order valence-corrected chi connectivity index (χ1v) is 9.00. The SMILES string of the molecule is CC1(C(=O)O)CCN(C(=O)C2(Cc3cccc(Cl)c3)CCCC2)C1. The molecule has 1 aromatic rings. The molecule has 5 heteroatoms. The second kappa shape index (κ2) is 6.40. The van der Waals surface area contributed by atoms with Gasteiger partial charge in [0.2, 0.25) is 5.91 Å². The molecule has 4 nitrogen and oxygen atoms in total. The van der Waals surface area contributed by atoms with E-state index in [4.69, 9.17) is 11.6 Å². The number of nitrogens with zero attached hydrogens (tertiary/aromatic N) is 1. The maximum Gasteiger partial charge on any atom is 0.311 e. The minimum atomic E-state index is -0.814. The Kier molecular flexibility index (Phi) is 4.60. The van der Waals surface area contributed by atoms with Crippen LogP contribution in [0.2, 0.25) is 5.02 Å². The molecule has 1 saturated heterocycles. The second-order valence-electron chi connectivity index (χ2n) is 7.64. The lowest BCUT2D eigenvalue weighted by atomic mass is 9.78. The Morgan fingerprint density at radius 2 is 1.96 bits per heavy atom. The van der Waals surface area contributed by atoms with Gasteiger partial charge in [0.1, 0.15) is 0 Å². The summed E-state index contributed by atoms with van der Waals surface area (Å²) >= 11 is 6.09. The number of aliphatic carboxylic acids is 1. The third-order valence-electron chi connectivity index (χ3n) is 5.72. The normalized spacial score (nSPS) is 25.8. The Balaban J connectivity index is 1.80. The molecular formula is C19H24ClNO3. The zero-order valence-electron chi connectivity index (χ0n) is 14.1. The van der Waals surface area contributed by atoms with E-state index in [0.717, 1.165) is 31.2 Å². The average Bonchev–Trinajstić information content (AvgIpc) is 3.15. The van der Waals surface area contributed by atoms with Crippen LogP contribution in [0.1, 0.15) is 44.6 Å². The Labute approximate surface area is 147 Å². The summed E-state index contributed by atoms with van der Waals surface area (Å²) in [6.07, 6.45) is 5.07. The van der Waals surface area contributed by atoms with Crippen molar-refractivity contribution < 1.29 is 14.7 Å². The van der Waals surface area contributed by atoms with Gasteiger partial charge in [-0.15, -0.1) is 0 Å². The van der Waals surface area contributed by atoms with Crippen LogP contribution in [0.5, 0.6) is 0 Å². The minimum Gasteiger partial charge on any atom is -0.481 e. The van der Waals surface area contributed by atoms with Gasteiger partial charge in [-0.1, -0.05) is 36.6 Å². The van der Waals surface area contributed by atoms with E-state index in [-0.39, 0.29) is 5.91 Å². The molecular weight excluding hydrogens is 326 g/mol. The smallest absolute Gasteiger partial charge is 0.311 e. The van der Waals surface area contributed by atoms with Gasteiger partial charge < -0.3 is 10.0 Å². The van der Waals surface area contributed by atoms with Gasteiger partial charge in [-0.2, -0.15) is 0 Å². The van der Waals surface area contributed by atoms with Crippen molar-refractivity contribution in [2.45, 2.75) is 45.4 Å². The third-order valence-corrected chi connectivity index (χ3v) is 5.96. The van der Waals surface area contributed by atoms with Crippen molar-refractivity contribution >= 4 is 23.5 Å². The summed E-state index contributed by atoms with van der Waals surface area (Å²) in [4.78, 5) is 26.5. The third kappa shape index (κ3) is 3.16. The van der Waals surface area contributed by atoms with E-state index in [2.05, 4.69) is 0 Å². The van der Waals surface area contributed by atoms with Crippen molar-refractivity contribution in [2.24, 2.45) is 10.8 Å². The number of amides is 1. The van der Waals surface area contributed by atoms with Gasteiger partial charge in [-0.25, -0.2) is 0 Å². The predicted molar refractivity (Wildman–Crippen MR) is 93.0 cm³/mol. The topological polar surface area (TPSA) is 57.6 Å². The predicted octanol–water partition coefficient (Wildman–Crippen LogP) is 3.77. The Hall–Kier alpha value is -1.55. The molecule has 1 N–H and O–H groups in total. The lowest BCUT2D eigenvalue weighted by Gasteiger charge is -2.33. The number of carboxylic acid groups (broad SMARTS) is 1. The first kappa shape index (κ1) is 17.3. The number of hydrogen-bond donors (Lipinski definition) is 1. The van der Waals surface area contributed by atoms with Gasteiger partial charge >= 0.3 is 5.97 Å². The molecule has 0 bridgehead atoms. The number of rotatable bonds is 4. The van der Waals surface area contributed by atoms with Gasteiger partial charge in [0.05, 0.1) is 10.8 Å². The molecule has 0 spiro atoms. The Bertz CT molecular complexity index is 654. The quantitative estimate of drug-likeness (QED) is 0.900. The zero-order valence-corrected chi connectivity index (χ0v) is 14.8. The van der Waals surface area contributed by atoms with E-state index in [1.165, 1.54) is 0 Å². The highest BCUT2D eigenvalue weighted by Gasteiger charge is 2.49. The molecule has 1 aromatic carbocycles. The van der Waals surface area contributed by atoms with Gasteiger partial charge in [0.15, 0.2) is 0 Å². The van der Waals surface area contributed by atoms with Gasteiger partial charge in [-0.05, 0) is 50.3 Å². The van der Waals surface area contributed by atoms with Crippen LogP contribution in [0.3, 0.4) is 0 Å². The summed E-state index contributed by atoms with van der Waals surface area (Å²) in [6.45, 7) is 2.60. The summed E-state index contributed by atoms with van der Waals surface area (Å²) in [6, 6.07) is 7.71. The summed E-state index contributed by atoms with van der Waals surface area (Å²) in [5, 5.41) is 10.1. The highest BCUT2D eigenvalue weighted by atomic mass is 35.5. The molecule has 1 heterocycles. The van der Waals surface area contributed by atoms with Crippen LogP contribution in [-0.4, -0.2) is 35.0 Å². The maximum atomic E-state index is 13.3. The zero-order chi connectivity index (χ0) is 17.4. The van der Waals surface area contributed by atoms with Crippen LogP contribution in [0.4, 0.5) is 0 Å². The van der Waals surface area contributed by atoms with Crippen LogP contribution < -0.4 is 0 Å². The molecule has 130 valence electrons. The lowest BCUT2D eigenvalue weighted by molar-refractivity contribution is -0.148. The van der Waals surface area contributed by atoms with Crippen LogP contribution in [0.25, 0.3) is 0 Å². The summed E-state index contributed by atoms with van der Waals surface area (Å²) in [7, 11) is 0. The molecule has 1 saturated carbocycles. The first-order chi connectivity index (χ1) is 11.3. The maximum absolute atomic E-state index is 13.3. The van der Waals surface area contributed by atoms with Crippen molar-refractivity contribution in [2.75, 3.05) is 13.1 Å². The molecule has 24 heavy (non-hydrogen) atoms. The van der Waals surface area contributed by atoms with E-state index in [1.807, 2.05) is 24.3 Å². The van der Waals surface area contributed by atoms with Crippen molar-refractivity contribution in [1.29, 1.82) is 0 Å². The highest BCUT2D eigenvalue weighted by Crippen LogP contribution is 2.44. The molecule has 1 aliphatic carbocycles. The molecule has 1 atom stereocenters. The molecule has 2 fully saturated rings. The van der Waals surface area contributed by atoms with Crippen LogP contribution in [0.15, 0.2) is 24.3 Å². The van der Waals surface area contributed by atoms with E-state index in [9.17, 15) is 14.7 Å². The minimum absolute atomic E-state index is 0.130. The molecule has 0 aromatic heterocycles. The number of carbonyl (C=O) groups is 2. The first-order valence-electron chi connectivity index (χ1n) is 8.62. The standard InChI is InChI=1S/C19H24ClNO3/c1-18(17(23)24)9-10-21(13-18)16(22)19(7-2-3-8-19)12-14-5-4-6-15(20)11-14/h4-6,11H,2-3,7-10,12-13H2,1H3,(H,23,24). The summed E-state index contributed by atoms with van der Waals surface area (Å²) in [5.41, 5.74) is -0.127. The van der Waals surface area contributed by atoms with Crippen molar-refractivity contribution in [3.05, 3.63) is 34.9 Å². The summed E-state index contributed by atoms with van der Waals surface area (Å²) < 4.78 is 0. The number of carbonyl (C=O) groups excluding carboxylic acids is 1. The fourth-order valence-electron chi connectivity index (χ4n) is 4.20. The molecule has 1 amide bonds. The number of likely N-dealkylation sites (tertiary alicyclic amines) is 1. The Morgan fingerprint density at radius 3 is 2.54 bits per heavy atom. The molecule has 1 unspecified atom stereocenters. The van der Waals surface area contributed by atoms with Crippen LogP contribution >= 0.6 is 11.6 Å². The van der Waals surface area contributed by atoms with E-state index in [0.29, 0.717) is 31.0 Å². The lowest BCUT2D eigenvalue weighted by Crippen LogP contribution is -2.44. The largest absolute Gasteiger partial charge is 0.481 e. The van der Waals surface area contributed by atoms with Gasteiger partial charge in [0, 0.05) is 18.1 Å². The Morgan fingerprint density at radius 1 is 1.25 bits per heavy atom. The monoisotopic (exact) mass is 349 g/mol. The highest BCUT2D eigenvalue weighted by molar-refractivity contribution is 6.30. The summed E-state index contributed by atoms with van der Waals surface area (Å²) in [5.74, 6) is -0.682. The van der Waals surface area contributed by atoms with Crippen molar-refractivity contribution in [3.63, 3.8) is 0 Å². The number of halogens is 1. The van der Waals surface area contributed by atoms with E-state index < -0.39 is 16.8 Å². The molecule has 0 radical (unpaired) electrons. The average molecular weight is 350 g/mol. The second-order valence-corrected chi connectivity index (χ2v) is 8.07. The van der Waals surface area contributed by atoms with Gasteiger partial charge in [-0.3, -0.25) is 9.59 Å². The molecule has 2 aliphatic rings. The van der Waals surface area contributed by atoms with Crippen LogP contribution in [0, 0.1) is 10.8 Å². The van der Waals surface area contributed by atoms with Gasteiger partial charge in [0.25, 0.3) is 0 Å². The fraction of sp³-hybridized carbons (Fsp3) is 0.579. The van der Waals surface area contributed by atoms with Crippen molar-refractivity contribution in [1.82, 2.24) is 4.90 Å². The van der Waals surface area contributed by atoms with Crippen molar-refractivity contribution in [3.8, 4) is 0 Å². The number of benzene rings is 1. The van der Waals surface area contributed by atoms with Crippen LogP contribution in [-0.2, 0) is 16.0 Å². The van der Waals surface area contributed by atoms with E-state index >= 15 is 0 Å². The number of carboxylic acids is 1. The molecule has 1 aliphatic heterocycles. The molecule has 3 rings (SSSR count). The fourth-order valence-corrected chi connectivity index (χ4v) is 4.41.